The third kappa shape index (κ3) is 2.93. The van der Waals surface area contributed by atoms with Gasteiger partial charge in [-0.05, 0) is 29.7 Å². The van der Waals surface area contributed by atoms with Crippen LogP contribution in [0.5, 0.6) is 5.75 Å². The molecule has 0 amide bonds. The minimum absolute atomic E-state index is 0.0813. The molecule has 0 bridgehead atoms. The number of ether oxygens (including phenoxy) is 2. The Balaban J connectivity index is 2.31. The molecule has 1 aliphatic rings. The summed E-state index contributed by atoms with van der Waals surface area (Å²) in [5.74, 6) is 1.03. The minimum Gasteiger partial charge on any atom is -0.493 e. The van der Waals surface area contributed by atoms with Crippen LogP contribution in [0.25, 0.3) is 0 Å². The van der Waals surface area contributed by atoms with Gasteiger partial charge >= 0.3 is 0 Å². The van der Waals surface area contributed by atoms with Crippen LogP contribution < -0.4 is 10.1 Å². The molecule has 2 atom stereocenters. The summed E-state index contributed by atoms with van der Waals surface area (Å²) in [7, 11) is 3.78. The lowest BCUT2D eigenvalue weighted by atomic mass is 9.81. The van der Waals surface area contributed by atoms with E-state index in [0.29, 0.717) is 0 Å². The van der Waals surface area contributed by atoms with Crippen molar-refractivity contribution in [2.24, 2.45) is 5.41 Å². The second-order valence-electron chi connectivity index (χ2n) is 6.25. The van der Waals surface area contributed by atoms with Crippen LogP contribution in [0.2, 0.25) is 0 Å². The van der Waals surface area contributed by atoms with Gasteiger partial charge in [0.2, 0.25) is 0 Å². The molecule has 0 saturated carbocycles. The van der Waals surface area contributed by atoms with E-state index >= 15 is 0 Å². The predicted molar refractivity (Wildman–Crippen MR) is 77.7 cm³/mol. The Morgan fingerprint density at radius 1 is 1.32 bits per heavy atom. The van der Waals surface area contributed by atoms with Crippen molar-refractivity contribution in [1.82, 2.24) is 5.32 Å². The van der Waals surface area contributed by atoms with E-state index in [1.54, 1.807) is 7.11 Å². The molecule has 0 spiro atoms. The molecule has 0 saturated heterocycles. The van der Waals surface area contributed by atoms with Crippen LogP contribution >= 0.6 is 0 Å². The number of hydrogen-bond donors (Lipinski definition) is 1. The van der Waals surface area contributed by atoms with Gasteiger partial charge in [0, 0.05) is 13.5 Å². The van der Waals surface area contributed by atoms with Gasteiger partial charge in [-0.25, -0.2) is 0 Å². The molecule has 3 heteroatoms. The highest BCUT2D eigenvalue weighted by molar-refractivity contribution is 5.41. The van der Waals surface area contributed by atoms with E-state index in [2.05, 4.69) is 44.3 Å². The Bertz CT molecular complexity index is 437. The van der Waals surface area contributed by atoms with Crippen LogP contribution in [-0.4, -0.2) is 26.9 Å². The standard InChI is InChI=1S/C16H25NO2/c1-16(2,3)15(18-5)14(17-4)12-6-7-13-11(10-12)8-9-19-13/h6-7,10,14-15,17H,8-9H2,1-5H3. The van der Waals surface area contributed by atoms with Gasteiger partial charge in [0.15, 0.2) is 0 Å². The van der Waals surface area contributed by atoms with Crippen molar-refractivity contribution in [3.63, 3.8) is 0 Å². The summed E-state index contributed by atoms with van der Waals surface area (Å²) in [6, 6.07) is 6.66. The highest BCUT2D eigenvalue weighted by Crippen LogP contribution is 2.35. The fourth-order valence-electron chi connectivity index (χ4n) is 2.88. The largest absolute Gasteiger partial charge is 0.493 e. The normalized spacial score (nSPS) is 17.7. The smallest absolute Gasteiger partial charge is 0.122 e. The molecule has 3 nitrogen and oxygen atoms in total. The maximum atomic E-state index is 5.75. The first-order valence-corrected chi connectivity index (χ1v) is 6.93. The molecule has 1 N–H and O–H groups in total. The molecule has 1 aromatic carbocycles. The van der Waals surface area contributed by atoms with Gasteiger partial charge in [-0.3, -0.25) is 0 Å². The Hall–Kier alpha value is -1.06. The van der Waals surface area contributed by atoms with Crippen LogP contribution in [0, 0.1) is 5.41 Å². The first-order valence-electron chi connectivity index (χ1n) is 6.93. The molecule has 1 aliphatic heterocycles. The van der Waals surface area contributed by atoms with Crippen LogP contribution in [-0.2, 0) is 11.2 Å². The SMILES string of the molecule is CNC(c1ccc2c(c1)CCO2)C(OC)C(C)(C)C. The summed E-state index contributed by atoms with van der Waals surface area (Å²) in [4.78, 5) is 0. The average Bonchev–Trinajstić information content (AvgIpc) is 2.81. The minimum atomic E-state index is 0.0813. The molecule has 0 fully saturated rings. The van der Waals surface area contributed by atoms with Crippen molar-refractivity contribution >= 4 is 0 Å². The van der Waals surface area contributed by atoms with E-state index in [-0.39, 0.29) is 17.6 Å². The quantitative estimate of drug-likeness (QED) is 0.906. The Morgan fingerprint density at radius 3 is 2.63 bits per heavy atom. The van der Waals surface area contributed by atoms with Gasteiger partial charge in [0.25, 0.3) is 0 Å². The molecular weight excluding hydrogens is 238 g/mol. The van der Waals surface area contributed by atoms with Gasteiger partial charge in [-0.1, -0.05) is 32.9 Å². The molecule has 19 heavy (non-hydrogen) atoms. The molecule has 0 aliphatic carbocycles. The Kier molecular flexibility index (Phi) is 4.16. The maximum Gasteiger partial charge on any atom is 0.122 e. The van der Waals surface area contributed by atoms with Crippen LogP contribution in [0.1, 0.15) is 37.9 Å². The van der Waals surface area contributed by atoms with E-state index in [0.717, 1.165) is 18.8 Å². The van der Waals surface area contributed by atoms with E-state index in [1.807, 2.05) is 7.05 Å². The molecule has 2 unspecified atom stereocenters. The Labute approximate surface area is 116 Å². The molecule has 0 radical (unpaired) electrons. The van der Waals surface area contributed by atoms with Gasteiger partial charge in [0.1, 0.15) is 5.75 Å². The number of methoxy groups -OCH3 is 1. The first-order chi connectivity index (χ1) is 8.97. The molecule has 0 aromatic heterocycles. The summed E-state index contributed by atoms with van der Waals surface area (Å²) in [5, 5.41) is 3.40. The van der Waals surface area contributed by atoms with E-state index in [4.69, 9.17) is 9.47 Å². The fourth-order valence-corrected chi connectivity index (χ4v) is 2.88. The van der Waals surface area contributed by atoms with Gasteiger partial charge in [0.05, 0.1) is 18.8 Å². The zero-order valence-corrected chi connectivity index (χ0v) is 12.6. The van der Waals surface area contributed by atoms with Crippen LogP contribution in [0.4, 0.5) is 0 Å². The third-order valence-electron chi connectivity index (χ3n) is 3.79. The number of benzene rings is 1. The monoisotopic (exact) mass is 263 g/mol. The topological polar surface area (TPSA) is 30.5 Å². The molecule has 1 heterocycles. The zero-order chi connectivity index (χ0) is 14.0. The number of fused-ring (bicyclic) bond motifs is 1. The summed E-state index contributed by atoms with van der Waals surface area (Å²) in [5.41, 5.74) is 2.66. The van der Waals surface area contributed by atoms with Crippen LogP contribution in [0.3, 0.4) is 0 Å². The summed E-state index contributed by atoms with van der Waals surface area (Å²) < 4.78 is 11.3. The lowest BCUT2D eigenvalue weighted by Gasteiger charge is -2.36. The molecule has 106 valence electrons. The highest BCUT2D eigenvalue weighted by atomic mass is 16.5. The highest BCUT2D eigenvalue weighted by Gasteiger charge is 2.33. The molecular formula is C16H25NO2. The van der Waals surface area contributed by atoms with Gasteiger partial charge in [-0.15, -0.1) is 0 Å². The first kappa shape index (κ1) is 14.4. The van der Waals surface area contributed by atoms with E-state index < -0.39 is 0 Å². The molecule has 2 rings (SSSR count). The zero-order valence-electron chi connectivity index (χ0n) is 12.6. The predicted octanol–water partition coefficient (Wildman–Crippen LogP) is 2.94. The second kappa shape index (κ2) is 5.51. The van der Waals surface area contributed by atoms with Crippen molar-refractivity contribution in [1.29, 1.82) is 0 Å². The fraction of sp³-hybridized carbons (Fsp3) is 0.625. The summed E-state index contributed by atoms with van der Waals surface area (Å²) in [6.45, 7) is 7.43. The van der Waals surface area contributed by atoms with Crippen molar-refractivity contribution < 1.29 is 9.47 Å². The van der Waals surface area contributed by atoms with Gasteiger partial charge in [-0.2, -0.15) is 0 Å². The Morgan fingerprint density at radius 2 is 2.05 bits per heavy atom. The van der Waals surface area contributed by atoms with Crippen LogP contribution in [0.15, 0.2) is 18.2 Å². The van der Waals surface area contributed by atoms with E-state index in [9.17, 15) is 0 Å². The number of nitrogens with one attached hydrogen (secondary N) is 1. The molecule has 1 aromatic rings. The number of rotatable bonds is 4. The maximum absolute atomic E-state index is 5.75. The van der Waals surface area contributed by atoms with Crippen molar-refractivity contribution in [3.05, 3.63) is 29.3 Å². The number of hydrogen-bond acceptors (Lipinski definition) is 3. The lowest BCUT2D eigenvalue weighted by Crippen LogP contribution is -2.40. The average molecular weight is 263 g/mol. The number of likely N-dealkylation sites (N-methyl/N-ethyl adjacent to an activating group) is 1. The lowest BCUT2D eigenvalue weighted by molar-refractivity contribution is -0.0102. The van der Waals surface area contributed by atoms with E-state index in [1.165, 1.54) is 11.1 Å². The summed E-state index contributed by atoms with van der Waals surface area (Å²) in [6.07, 6.45) is 1.13. The summed E-state index contributed by atoms with van der Waals surface area (Å²) >= 11 is 0. The van der Waals surface area contributed by atoms with Gasteiger partial charge < -0.3 is 14.8 Å². The third-order valence-corrected chi connectivity index (χ3v) is 3.79. The van der Waals surface area contributed by atoms with Crippen molar-refractivity contribution in [2.45, 2.75) is 39.3 Å². The van der Waals surface area contributed by atoms with Crippen molar-refractivity contribution in [2.75, 3.05) is 20.8 Å². The second-order valence-corrected chi connectivity index (χ2v) is 6.25. The van der Waals surface area contributed by atoms with Crippen molar-refractivity contribution in [3.8, 4) is 5.75 Å².